The number of aliphatic hydroxyl groups is 1. The number of alkyl halides is 3. The van der Waals surface area contributed by atoms with Crippen LogP contribution in [0.3, 0.4) is 0 Å². The molecule has 0 radical (unpaired) electrons. The van der Waals surface area contributed by atoms with Gasteiger partial charge in [-0.05, 0) is 68.1 Å². The fourth-order valence-corrected chi connectivity index (χ4v) is 4.91. The van der Waals surface area contributed by atoms with Crippen molar-refractivity contribution < 1.29 is 18.3 Å². The van der Waals surface area contributed by atoms with Gasteiger partial charge >= 0.3 is 6.18 Å². The molecular weight excluding hydrogens is 339 g/mol. The van der Waals surface area contributed by atoms with Gasteiger partial charge in [0.2, 0.25) is 5.72 Å². The highest BCUT2D eigenvalue weighted by atomic mass is 19.4. The highest BCUT2D eigenvalue weighted by Gasteiger charge is 2.61. The zero-order chi connectivity index (χ0) is 18.4. The van der Waals surface area contributed by atoms with Crippen LogP contribution in [-0.4, -0.2) is 15.8 Å². The van der Waals surface area contributed by atoms with E-state index in [9.17, 15) is 18.3 Å². The topological polar surface area (TPSA) is 25.2 Å². The summed E-state index contributed by atoms with van der Waals surface area (Å²) in [5, 5.41) is 11.1. The zero-order valence-corrected chi connectivity index (χ0v) is 14.7. The second-order valence-corrected chi connectivity index (χ2v) is 7.71. The summed E-state index contributed by atoms with van der Waals surface area (Å²) < 4.78 is 43.6. The summed E-state index contributed by atoms with van der Waals surface area (Å²) in [6.45, 7) is 0. The number of halogens is 3. The van der Waals surface area contributed by atoms with Crippen LogP contribution in [0.25, 0.3) is 0 Å². The van der Waals surface area contributed by atoms with Crippen LogP contribution < -0.4 is 0 Å². The number of nitrogens with zero attached hydrogens (tertiary/aromatic N) is 1. The largest absolute Gasteiger partial charge is 0.437 e. The Hall–Kier alpha value is -1.75. The first-order chi connectivity index (χ1) is 12.4. The van der Waals surface area contributed by atoms with Crippen molar-refractivity contribution in [3.8, 4) is 0 Å². The van der Waals surface area contributed by atoms with Gasteiger partial charge in [0.1, 0.15) is 0 Å². The van der Waals surface area contributed by atoms with E-state index < -0.39 is 17.8 Å². The average Bonchev–Trinajstić information content (AvgIpc) is 3.01. The Morgan fingerprint density at radius 1 is 1.08 bits per heavy atom. The van der Waals surface area contributed by atoms with Crippen LogP contribution in [0.5, 0.6) is 0 Å². The molecule has 0 saturated carbocycles. The summed E-state index contributed by atoms with van der Waals surface area (Å²) >= 11 is 0. The van der Waals surface area contributed by atoms with Crippen LogP contribution >= 0.6 is 0 Å². The van der Waals surface area contributed by atoms with E-state index in [4.69, 9.17) is 0 Å². The summed E-state index contributed by atoms with van der Waals surface area (Å²) in [7, 11) is 0. The van der Waals surface area contributed by atoms with Crippen molar-refractivity contribution in [2.45, 2.75) is 62.8 Å². The molecule has 2 aromatic rings. The third kappa shape index (κ3) is 2.77. The molecule has 1 aromatic carbocycles. The molecule has 5 heteroatoms. The molecule has 2 nitrogen and oxygen atoms in total. The monoisotopic (exact) mass is 363 g/mol. The second kappa shape index (κ2) is 6.45. The molecule has 140 valence electrons. The summed E-state index contributed by atoms with van der Waals surface area (Å²) in [4.78, 5) is 0. The summed E-state index contributed by atoms with van der Waals surface area (Å²) in [5.41, 5.74) is -0.108. The molecule has 0 spiro atoms. The van der Waals surface area contributed by atoms with E-state index in [1.807, 2.05) is 30.3 Å². The lowest BCUT2D eigenvalue weighted by molar-refractivity contribution is -0.321. The molecule has 0 bridgehead atoms. The van der Waals surface area contributed by atoms with Crippen molar-refractivity contribution in [3.05, 3.63) is 59.4 Å². The predicted octanol–water partition coefficient (Wildman–Crippen LogP) is 5.16. The summed E-state index contributed by atoms with van der Waals surface area (Å²) in [6.07, 6.45) is 1.48. The van der Waals surface area contributed by atoms with Gasteiger partial charge in [0.15, 0.2) is 0 Å². The van der Waals surface area contributed by atoms with E-state index in [0.29, 0.717) is 19.3 Å². The molecule has 1 aliphatic heterocycles. The molecule has 1 N–H and O–H groups in total. The molecule has 4 rings (SSSR count). The average molecular weight is 363 g/mol. The Balaban J connectivity index is 1.72. The van der Waals surface area contributed by atoms with E-state index in [1.165, 1.54) is 10.8 Å². The minimum atomic E-state index is -4.70. The van der Waals surface area contributed by atoms with Crippen molar-refractivity contribution in [2.75, 3.05) is 0 Å². The molecule has 3 atom stereocenters. The van der Waals surface area contributed by atoms with Crippen LogP contribution in [0, 0.1) is 5.92 Å². The first kappa shape index (κ1) is 17.7. The van der Waals surface area contributed by atoms with Crippen molar-refractivity contribution in [2.24, 2.45) is 5.92 Å². The van der Waals surface area contributed by atoms with Gasteiger partial charge in [0.05, 0.1) is 0 Å². The maximum absolute atomic E-state index is 14.1. The lowest BCUT2D eigenvalue weighted by Gasteiger charge is -2.39. The smallest absolute Gasteiger partial charge is 0.363 e. The standard InChI is InChI=1S/C21H24F3NO/c22-21(23,24)20(26)18(11-9-15-5-2-1-3-6-15)12-10-16-7-4-8-17-13-14-25(20)19(16)17/h1-3,5-6,13-14,16,18,26H,4,7-12H2. The quantitative estimate of drug-likeness (QED) is 0.801. The van der Waals surface area contributed by atoms with E-state index in [2.05, 4.69) is 0 Å². The van der Waals surface area contributed by atoms with Crippen molar-refractivity contribution in [1.29, 1.82) is 0 Å². The molecule has 0 amide bonds. The Bertz CT molecular complexity index is 767. The third-order valence-electron chi connectivity index (χ3n) is 6.24. The Labute approximate surface area is 151 Å². The van der Waals surface area contributed by atoms with Crippen molar-refractivity contribution in [3.63, 3.8) is 0 Å². The fourth-order valence-electron chi connectivity index (χ4n) is 4.91. The van der Waals surface area contributed by atoms with Crippen LogP contribution in [0.15, 0.2) is 42.6 Å². The lowest BCUT2D eigenvalue weighted by Crippen LogP contribution is -2.53. The maximum atomic E-state index is 14.1. The maximum Gasteiger partial charge on any atom is 0.437 e. The minimum Gasteiger partial charge on any atom is -0.363 e. The lowest BCUT2D eigenvalue weighted by atomic mass is 9.82. The van der Waals surface area contributed by atoms with Crippen molar-refractivity contribution >= 4 is 0 Å². The molecule has 2 aliphatic rings. The Kier molecular flexibility index (Phi) is 4.38. The van der Waals surface area contributed by atoms with Crippen LogP contribution in [-0.2, 0) is 18.6 Å². The second-order valence-electron chi connectivity index (χ2n) is 7.71. The highest BCUT2D eigenvalue weighted by Crippen LogP contribution is 2.51. The first-order valence-corrected chi connectivity index (χ1v) is 9.45. The number of hydrogen-bond donors (Lipinski definition) is 1. The molecule has 1 aromatic heterocycles. The molecule has 2 heterocycles. The molecular formula is C21H24F3NO. The third-order valence-corrected chi connectivity index (χ3v) is 6.24. The number of hydrogen-bond acceptors (Lipinski definition) is 1. The van der Waals surface area contributed by atoms with Crippen LogP contribution in [0.4, 0.5) is 13.2 Å². The van der Waals surface area contributed by atoms with Gasteiger partial charge in [-0.2, -0.15) is 13.2 Å². The van der Waals surface area contributed by atoms with Crippen LogP contribution in [0.1, 0.15) is 54.8 Å². The predicted molar refractivity (Wildman–Crippen MR) is 93.8 cm³/mol. The normalized spacial score (nSPS) is 28.5. The van der Waals surface area contributed by atoms with Gasteiger partial charge in [-0.3, -0.25) is 0 Å². The van der Waals surface area contributed by atoms with E-state index in [0.717, 1.165) is 42.5 Å². The SMILES string of the molecule is OC1(C(F)(F)F)C(CCc2ccccc2)CCC2CCCc3ccn1c32. The first-order valence-electron chi connectivity index (χ1n) is 9.45. The Morgan fingerprint density at radius 2 is 1.85 bits per heavy atom. The Morgan fingerprint density at radius 3 is 2.58 bits per heavy atom. The summed E-state index contributed by atoms with van der Waals surface area (Å²) in [5.74, 6) is -0.714. The fraction of sp³-hybridized carbons (Fsp3) is 0.524. The number of rotatable bonds is 3. The van der Waals surface area contributed by atoms with E-state index in [-0.39, 0.29) is 5.92 Å². The number of aromatic nitrogens is 1. The minimum absolute atomic E-state index is 0.129. The van der Waals surface area contributed by atoms with Gasteiger partial charge in [0, 0.05) is 17.8 Å². The molecule has 26 heavy (non-hydrogen) atoms. The molecule has 0 saturated heterocycles. The van der Waals surface area contributed by atoms with Gasteiger partial charge in [0.25, 0.3) is 0 Å². The van der Waals surface area contributed by atoms with Gasteiger partial charge in [-0.15, -0.1) is 0 Å². The molecule has 0 fully saturated rings. The summed E-state index contributed by atoms with van der Waals surface area (Å²) in [6, 6.07) is 11.3. The van der Waals surface area contributed by atoms with Gasteiger partial charge in [-0.25, -0.2) is 0 Å². The van der Waals surface area contributed by atoms with Crippen molar-refractivity contribution in [1.82, 2.24) is 4.57 Å². The number of benzene rings is 1. The van der Waals surface area contributed by atoms with Crippen LogP contribution in [0.2, 0.25) is 0 Å². The zero-order valence-electron chi connectivity index (χ0n) is 14.7. The molecule has 3 unspecified atom stereocenters. The van der Waals surface area contributed by atoms with Gasteiger partial charge < -0.3 is 9.67 Å². The van der Waals surface area contributed by atoms with Gasteiger partial charge in [-0.1, -0.05) is 30.3 Å². The van der Waals surface area contributed by atoms with E-state index in [1.54, 1.807) is 6.07 Å². The highest BCUT2D eigenvalue weighted by molar-refractivity contribution is 5.31. The molecule has 1 aliphatic carbocycles. The van der Waals surface area contributed by atoms with E-state index >= 15 is 0 Å². The number of aryl methyl sites for hydroxylation is 2.